The Balaban J connectivity index is 1.44. The van der Waals surface area contributed by atoms with Gasteiger partial charge in [-0.05, 0) is 67.6 Å². The minimum Gasteiger partial charge on any atom is -0.393 e. The molecular formula is C30H31F7N2O4. The predicted octanol–water partition coefficient (Wildman–Crippen LogP) is 5.70. The molecule has 3 aliphatic rings. The summed E-state index contributed by atoms with van der Waals surface area (Å²) in [6.07, 6.45) is -11.6. The molecular weight excluding hydrogens is 585 g/mol. The van der Waals surface area contributed by atoms with Gasteiger partial charge in [0.1, 0.15) is 5.82 Å². The van der Waals surface area contributed by atoms with E-state index >= 15 is 0 Å². The third-order valence-electron chi connectivity index (χ3n) is 8.70. The van der Waals surface area contributed by atoms with Crippen LogP contribution in [0.15, 0.2) is 42.5 Å². The fourth-order valence-electron chi connectivity index (χ4n) is 6.48. The van der Waals surface area contributed by atoms with Gasteiger partial charge >= 0.3 is 12.4 Å². The van der Waals surface area contributed by atoms with Crippen LogP contribution in [0.2, 0.25) is 0 Å². The Labute approximate surface area is 243 Å². The van der Waals surface area contributed by atoms with Crippen molar-refractivity contribution >= 4 is 11.8 Å². The van der Waals surface area contributed by atoms with Crippen molar-refractivity contribution in [2.75, 3.05) is 19.6 Å². The van der Waals surface area contributed by atoms with Crippen LogP contribution < -0.4 is 0 Å². The van der Waals surface area contributed by atoms with Crippen LogP contribution in [0.25, 0.3) is 0 Å². The van der Waals surface area contributed by atoms with Crippen LogP contribution in [0.1, 0.15) is 66.9 Å². The number of ether oxygens (including phenoxy) is 1. The molecule has 13 heteroatoms. The zero-order valence-corrected chi connectivity index (χ0v) is 23.2. The van der Waals surface area contributed by atoms with E-state index in [4.69, 9.17) is 4.74 Å². The van der Waals surface area contributed by atoms with E-state index < -0.39 is 65.5 Å². The van der Waals surface area contributed by atoms with Crippen LogP contribution >= 0.6 is 0 Å². The van der Waals surface area contributed by atoms with E-state index in [0.717, 1.165) is 0 Å². The summed E-state index contributed by atoms with van der Waals surface area (Å²) < 4.78 is 101. The number of rotatable bonds is 5. The highest BCUT2D eigenvalue weighted by atomic mass is 19.4. The normalized spacial score (nSPS) is 26.0. The lowest BCUT2D eigenvalue weighted by Gasteiger charge is -2.39. The fourth-order valence-corrected chi connectivity index (χ4v) is 6.48. The number of halogens is 7. The number of aliphatic hydroxyl groups is 1. The standard InChI is InChI=1S/C30H31F7N2O4/c1-16(18-10-20(29(32,33)34)14-21(11-18)30(35,36)37)43-25-15-39-24(27(25)17-2-4-22(31)5-3-17)12-19(13-26(39)41)28(42)38-8-6-23(40)7-9-38/h2-5,10-11,14,16,19,23-25,27,40H,6-9,12-13,15H2,1H3/t16-,19?,24?,25+,27+/m1/s1. The lowest BCUT2D eigenvalue weighted by molar-refractivity contribution is -0.148. The van der Waals surface area contributed by atoms with Crippen molar-refractivity contribution in [1.82, 2.24) is 9.80 Å². The summed E-state index contributed by atoms with van der Waals surface area (Å²) in [5.74, 6) is -2.33. The second-order valence-corrected chi connectivity index (χ2v) is 11.5. The molecule has 3 saturated heterocycles. The molecule has 0 aromatic heterocycles. The summed E-state index contributed by atoms with van der Waals surface area (Å²) in [4.78, 5) is 29.9. The van der Waals surface area contributed by atoms with Crippen molar-refractivity contribution in [2.24, 2.45) is 5.92 Å². The van der Waals surface area contributed by atoms with Gasteiger partial charge in [0, 0.05) is 43.9 Å². The van der Waals surface area contributed by atoms with Crippen molar-refractivity contribution in [1.29, 1.82) is 0 Å². The van der Waals surface area contributed by atoms with E-state index in [1.54, 1.807) is 9.80 Å². The van der Waals surface area contributed by atoms with Crippen molar-refractivity contribution in [3.63, 3.8) is 0 Å². The Bertz CT molecular complexity index is 1310. The first-order valence-corrected chi connectivity index (χ1v) is 14.1. The summed E-state index contributed by atoms with van der Waals surface area (Å²) >= 11 is 0. The maximum atomic E-state index is 13.8. The Hall–Kier alpha value is -3.19. The second-order valence-electron chi connectivity index (χ2n) is 11.5. The highest BCUT2D eigenvalue weighted by Crippen LogP contribution is 2.45. The van der Waals surface area contributed by atoms with Crippen molar-refractivity contribution in [2.45, 2.75) is 75.2 Å². The van der Waals surface area contributed by atoms with Crippen LogP contribution in [-0.4, -0.2) is 64.6 Å². The maximum absolute atomic E-state index is 13.8. The van der Waals surface area contributed by atoms with Gasteiger partial charge in [-0.3, -0.25) is 9.59 Å². The first kappa shape index (κ1) is 31.2. The van der Waals surface area contributed by atoms with Crippen molar-refractivity contribution in [3.8, 4) is 0 Å². The lowest BCUT2D eigenvalue weighted by atomic mass is 9.81. The molecule has 0 bridgehead atoms. The molecule has 0 spiro atoms. The van der Waals surface area contributed by atoms with Crippen LogP contribution in [0.4, 0.5) is 30.7 Å². The summed E-state index contributed by atoms with van der Waals surface area (Å²) in [6, 6.07) is 6.14. The Kier molecular flexibility index (Phi) is 8.51. The minimum absolute atomic E-state index is 0.00219. The molecule has 43 heavy (non-hydrogen) atoms. The van der Waals surface area contributed by atoms with Crippen LogP contribution in [0.3, 0.4) is 0 Å². The van der Waals surface area contributed by atoms with Gasteiger partial charge < -0.3 is 19.6 Å². The molecule has 2 amide bonds. The predicted molar refractivity (Wildman–Crippen MR) is 139 cm³/mol. The zero-order valence-electron chi connectivity index (χ0n) is 23.2. The smallest absolute Gasteiger partial charge is 0.393 e. The highest BCUT2D eigenvalue weighted by molar-refractivity contribution is 5.87. The molecule has 3 heterocycles. The summed E-state index contributed by atoms with van der Waals surface area (Å²) in [7, 11) is 0. The number of nitrogens with zero attached hydrogens (tertiary/aromatic N) is 2. The third-order valence-corrected chi connectivity index (χ3v) is 8.70. The Morgan fingerprint density at radius 3 is 2.12 bits per heavy atom. The Morgan fingerprint density at radius 2 is 1.56 bits per heavy atom. The van der Waals surface area contributed by atoms with E-state index in [0.29, 0.717) is 43.6 Å². The van der Waals surface area contributed by atoms with Gasteiger partial charge in [-0.1, -0.05) is 12.1 Å². The van der Waals surface area contributed by atoms with Gasteiger partial charge in [-0.2, -0.15) is 26.3 Å². The molecule has 6 nitrogen and oxygen atoms in total. The fraction of sp³-hybridized carbons (Fsp3) is 0.533. The molecule has 5 atom stereocenters. The zero-order chi connectivity index (χ0) is 31.3. The molecule has 2 unspecified atom stereocenters. The quantitative estimate of drug-likeness (QED) is 0.438. The minimum atomic E-state index is -5.03. The molecule has 2 aromatic carbocycles. The number of benzene rings is 2. The number of alkyl halides is 6. The number of carbonyl (C=O) groups excluding carboxylic acids is 2. The van der Waals surface area contributed by atoms with Crippen LogP contribution in [0.5, 0.6) is 0 Å². The SMILES string of the molecule is C[C@@H](O[C@H]1CN2C(=O)CC(C(=O)N3CCC(O)CC3)CC2[C@@H]1c1ccc(F)cc1)c1cc(C(F)(F)F)cc(C(F)(F)F)c1. The van der Waals surface area contributed by atoms with Gasteiger partial charge in [-0.25, -0.2) is 4.39 Å². The second kappa shape index (κ2) is 11.7. The van der Waals surface area contributed by atoms with Crippen LogP contribution in [-0.2, 0) is 26.7 Å². The van der Waals surface area contributed by atoms with E-state index in [-0.39, 0.29) is 42.8 Å². The molecule has 3 aliphatic heterocycles. The van der Waals surface area contributed by atoms with Gasteiger partial charge in [-0.15, -0.1) is 0 Å². The Morgan fingerprint density at radius 1 is 0.977 bits per heavy atom. The van der Waals surface area contributed by atoms with E-state index in [1.807, 2.05) is 0 Å². The average Bonchev–Trinajstić information content (AvgIpc) is 3.30. The lowest BCUT2D eigenvalue weighted by Crippen LogP contribution is -2.50. The third kappa shape index (κ3) is 6.67. The largest absolute Gasteiger partial charge is 0.416 e. The number of hydrogen-bond donors (Lipinski definition) is 1. The summed E-state index contributed by atoms with van der Waals surface area (Å²) in [6.45, 7) is 2.06. The molecule has 234 valence electrons. The summed E-state index contributed by atoms with van der Waals surface area (Å²) in [5, 5.41) is 9.81. The van der Waals surface area contributed by atoms with Gasteiger partial charge in [0.15, 0.2) is 0 Å². The monoisotopic (exact) mass is 616 g/mol. The highest BCUT2D eigenvalue weighted by Gasteiger charge is 2.51. The molecule has 0 saturated carbocycles. The first-order valence-electron chi connectivity index (χ1n) is 14.1. The molecule has 3 fully saturated rings. The first-order chi connectivity index (χ1) is 20.1. The summed E-state index contributed by atoms with van der Waals surface area (Å²) in [5.41, 5.74) is -2.70. The average molecular weight is 617 g/mol. The van der Waals surface area contributed by atoms with Crippen molar-refractivity contribution < 1.29 is 50.2 Å². The number of carbonyl (C=O) groups is 2. The van der Waals surface area contributed by atoms with Crippen LogP contribution in [0, 0.1) is 11.7 Å². The number of piperidine rings is 2. The maximum Gasteiger partial charge on any atom is 0.416 e. The van der Waals surface area contributed by atoms with Gasteiger partial charge in [0.05, 0.1) is 29.4 Å². The molecule has 1 N–H and O–H groups in total. The molecule has 2 aromatic rings. The number of fused-ring (bicyclic) bond motifs is 1. The number of hydrogen-bond acceptors (Lipinski definition) is 4. The molecule has 0 aliphatic carbocycles. The topological polar surface area (TPSA) is 70.1 Å². The van der Waals surface area contributed by atoms with E-state index in [2.05, 4.69) is 0 Å². The van der Waals surface area contributed by atoms with Crippen molar-refractivity contribution in [3.05, 3.63) is 70.5 Å². The number of likely N-dealkylation sites (tertiary alicyclic amines) is 1. The number of aliphatic hydroxyl groups excluding tert-OH is 1. The van der Waals surface area contributed by atoms with E-state index in [1.165, 1.54) is 31.2 Å². The molecule has 5 rings (SSSR count). The van der Waals surface area contributed by atoms with Gasteiger partial charge in [0.2, 0.25) is 11.8 Å². The van der Waals surface area contributed by atoms with E-state index in [9.17, 15) is 45.4 Å². The molecule has 0 radical (unpaired) electrons. The number of amides is 2. The van der Waals surface area contributed by atoms with Gasteiger partial charge in [0.25, 0.3) is 0 Å².